The van der Waals surface area contributed by atoms with Crippen molar-refractivity contribution in [3.05, 3.63) is 0 Å². The van der Waals surface area contributed by atoms with E-state index in [0.29, 0.717) is 25.6 Å². The maximum absolute atomic E-state index is 11.2. The highest BCUT2D eigenvalue weighted by atomic mass is 16.2. The zero-order valence-electron chi connectivity index (χ0n) is 10.0. The van der Waals surface area contributed by atoms with Crippen LogP contribution in [-0.2, 0) is 4.79 Å². The van der Waals surface area contributed by atoms with Gasteiger partial charge in [0.05, 0.1) is 0 Å². The van der Waals surface area contributed by atoms with Crippen molar-refractivity contribution in [2.45, 2.75) is 26.7 Å². The van der Waals surface area contributed by atoms with Crippen LogP contribution in [0.15, 0.2) is 0 Å². The van der Waals surface area contributed by atoms with Gasteiger partial charge in [-0.1, -0.05) is 13.8 Å². The van der Waals surface area contributed by atoms with Crippen LogP contribution in [0.2, 0.25) is 0 Å². The topological polar surface area (TPSA) is 70.2 Å². The fraction of sp³-hybridized carbons (Fsp3) is 0.818. The van der Waals surface area contributed by atoms with Crippen LogP contribution in [-0.4, -0.2) is 31.6 Å². The van der Waals surface area contributed by atoms with E-state index >= 15 is 0 Å². The quantitative estimate of drug-likeness (QED) is 0.577. The molecule has 0 bridgehead atoms. The fourth-order valence-corrected chi connectivity index (χ4v) is 1.21. The summed E-state index contributed by atoms with van der Waals surface area (Å²) in [7, 11) is 0. The van der Waals surface area contributed by atoms with Gasteiger partial charge in [0, 0.05) is 25.6 Å². The number of carbonyl (C=O) groups excluding carboxylic acids is 2. The Morgan fingerprint density at radius 2 is 1.75 bits per heavy atom. The Morgan fingerprint density at radius 3 is 2.31 bits per heavy atom. The third-order valence-electron chi connectivity index (χ3n) is 2.33. The number of nitrogens with one attached hydrogen (secondary N) is 3. The summed E-state index contributed by atoms with van der Waals surface area (Å²) in [6.45, 7) is 5.72. The van der Waals surface area contributed by atoms with Crippen LogP contribution in [0.1, 0.15) is 26.7 Å². The highest BCUT2D eigenvalue weighted by Crippen LogP contribution is 2.28. The highest BCUT2D eigenvalue weighted by Gasteiger charge is 2.28. The standard InChI is InChI=1S/C11H21N3O2/c1-8(2)7-14-11(16)13-6-5-12-10(15)9-3-4-9/h8-9H,3-7H2,1-2H3,(H,12,15)(H2,13,14,16). The molecule has 0 atom stereocenters. The average Bonchev–Trinajstić information content (AvgIpc) is 3.04. The zero-order valence-corrected chi connectivity index (χ0v) is 10.0. The number of rotatable bonds is 6. The van der Waals surface area contributed by atoms with Crippen LogP contribution in [0.5, 0.6) is 0 Å². The molecule has 0 saturated heterocycles. The van der Waals surface area contributed by atoms with Crippen molar-refractivity contribution in [2.24, 2.45) is 11.8 Å². The molecule has 3 amide bonds. The summed E-state index contributed by atoms with van der Waals surface area (Å²) in [5.41, 5.74) is 0. The van der Waals surface area contributed by atoms with Gasteiger partial charge in [0.25, 0.3) is 0 Å². The molecule has 0 aliphatic heterocycles. The van der Waals surface area contributed by atoms with E-state index < -0.39 is 0 Å². The largest absolute Gasteiger partial charge is 0.354 e. The SMILES string of the molecule is CC(C)CNC(=O)NCCNC(=O)C1CC1. The van der Waals surface area contributed by atoms with Gasteiger partial charge in [-0.05, 0) is 18.8 Å². The minimum absolute atomic E-state index is 0.115. The molecule has 0 aromatic heterocycles. The van der Waals surface area contributed by atoms with Crippen LogP contribution in [0.25, 0.3) is 0 Å². The van der Waals surface area contributed by atoms with Gasteiger partial charge in [-0.2, -0.15) is 0 Å². The summed E-state index contributed by atoms with van der Waals surface area (Å²) < 4.78 is 0. The second-order valence-corrected chi connectivity index (χ2v) is 4.60. The third-order valence-corrected chi connectivity index (χ3v) is 2.33. The maximum Gasteiger partial charge on any atom is 0.314 e. The lowest BCUT2D eigenvalue weighted by molar-refractivity contribution is -0.122. The first-order valence-electron chi connectivity index (χ1n) is 5.89. The van der Waals surface area contributed by atoms with Crippen LogP contribution in [0.4, 0.5) is 4.79 Å². The first kappa shape index (κ1) is 12.8. The minimum atomic E-state index is -0.172. The van der Waals surface area contributed by atoms with E-state index in [2.05, 4.69) is 16.0 Å². The van der Waals surface area contributed by atoms with E-state index in [4.69, 9.17) is 0 Å². The smallest absolute Gasteiger partial charge is 0.314 e. The lowest BCUT2D eigenvalue weighted by Gasteiger charge is -2.09. The molecule has 0 aromatic carbocycles. The lowest BCUT2D eigenvalue weighted by Crippen LogP contribution is -2.41. The number of hydrogen-bond acceptors (Lipinski definition) is 2. The molecule has 5 heteroatoms. The van der Waals surface area contributed by atoms with Gasteiger partial charge < -0.3 is 16.0 Å². The van der Waals surface area contributed by atoms with Gasteiger partial charge in [-0.15, -0.1) is 0 Å². The van der Waals surface area contributed by atoms with Gasteiger partial charge in [-0.3, -0.25) is 4.79 Å². The Bertz CT molecular complexity index is 250. The van der Waals surface area contributed by atoms with Crippen LogP contribution >= 0.6 is 0 Å². The average molecular weight is 227 g/mol. The van der Waals surface area contributed by atoms with Gasteiger partial charge in [0.15, 0.2) is 0 Å². The van der Waals surface area contributed by atoms with E-state index in [1.54, 1.807) is 0 Å². The van der Waals surface area contributed by atoms with E-state index in [9.17, 15) is 9.59 Å². The number of amides is 3. The molecule has 16 heavy (non-hydrogen) atoms. The number of urea groups is 1. The molecule has 92 valence electrons. The molecule has 1 aliphatic carbocycles. The Morgan fingerprint density at radius 1 is 1.12 bits per heavy atom. The summed E-state index contributed by atoms with van der Waals surface area (Å²) in [5.74, 6) is 0.791. The predicted molar refractivity (Wildman–Crippen MR) is 62.0 cm³/mol. The molecule has 1 aliphatic rings. The first-order valence-corrected chi connectivity index (χ1v) is 5.89. The summed E-state index contributed by atoms with van der Waals surface area (Å²) in [5, 5.41) is 8.21. The van der Waals surface area contributed by atoms with Crippen molar-refractivity contribution < 1.29 is 9.59 Å². The van der Waals surface area contributed by atoms with E-state index in [1.165, 1.54) is 0 Å². The van der Waals surface area contributed by atoms with Gasteiger partial charge in [0.2, 0.25) is 5.91 Å². The molecule has 1 rings (SSSR count). The van der Waals surface area contributed by atoms with Crippen molar-refractivity contribution in [3.8, 4) is 0 Å². The number of hydrogen-bond donors (Lipinski definition) is 3. The molecule has 0 aromatic rings. The summed E-state index contributed by atoms with van der Waals surface area (Å²) in [6, 6.07) is -0.172. The maximum atomic E-state index is 11.2. The van der Waals surface area contributed by atoms with Crippen molar-refractivity contribution in [2.75, 3.05) is 19.6 Å². The van der Waals surface area contributed by atoms with Crippen molar-refractivity contribution in [1.29, 1.82) is 0 Å². The minimum Gasteiger partial charge on any atom is -0.354 e. The highest BCUT2D eigenvalue weighted by molar-refractivity contribution is 5.80. The molecule has 0 heterocycles. The van der Waals surface area contributed by atoms with E-state index in [-0.39, 0.29) is 17.9 Å². The molecule has 0 radical (unpaired) electrons. The molecule has 0 spiro atoms. The van der Waals surface area contributed by atoms with Gasteiger partial charge in [0.1, 0.15) is 0 Å². The Kier molecular flexibility index (Phi) is 5.08. The van der Waals surface area contributed by atoms with Crippen LogP contribution in [0.3, 0.4) is 0 Å². The van der Waals surface area contributed by atoms with E-state index in [1.807, 2.05) is 13.8 Å². The van der Waals surface area contributed by atoms with Crippen molar-refractivity contribution >= 4 is 11.9 Å². The molecule has 0 unspecified atom stereocenters. The summed E-state index contributed by atoms with van der Waals surface area (Å²) in [4.78, 5) is 22.4. The molecule has 1 saturated carbocycles. The summed E-state index contributed by atoms with van der Waals surface area (Å²) >= 11 is 0. The number of carbonyl (C=O) groups is 2. The lowest BCUT2D eigenvalue weighted by atomic mass is 10.2. The monoisotopic (exact) mass is 227 g/mol. The fourth-order valence-electron chi connectivity index (χ4n) is 1.21. The van der Waals surface area contributed by atoms with E-state index in [0.717, 1.165) is 12.8 Å². The normalized spacial score (nSPS) is 14.7. The van der Waals surface area contributed by atoms with Gasteiger partial charge >= 0.3 is 6.03 Å². The zero-order chi connectivity index (χ0) is 12.0. The molecular weight excluding hydrogens is 206 g/mol. The molecule has 5 nitrogen and oxygen atoms in total. The second-order valence-electron chi connectivity index (χ2n) is 4.60. The molecular formula is C11H21N3O2. The van der Waals surface area contributed by atoms with Crippen molar-refractivity contribution in [3.63, 3.8) is 0 Å². The van der Waals surface area contributed by atoms with Gasteiger partial charge in [-0.25, -0.2) is 4.79 Å². The Hall–Kier alpha value is -1.26. The first-order chi connectivity index (χ1) is 7.59. The Balaban J connectivity index is 1.93. The van der Waals surface area contributed by atoms with Crippen LogP contribution in [0, 0.1) is 11.8 Å². The Labute approximate surface area is 96.4 Å². The van der Waals surface area contributed by atoms with Crippen LogP contribution < -0.4 is 16.0 Å². The molecule has 3 N–H and O–H groups in total. The third kappa shape index (κ3) is 5.58. The second kappa shape index (κ2) is 6.35. The van der Waals surface area contributed by atoms with Crippen molar-refractivity contribution in [1.82, 2.24) is 16.0 Å². The summed E-state index contributed by atoms with van der Waals surface area (Å²) in [6.07, 6.45) is 2.02. The molecule has 1 fully saturated rings. The predicted octanol–water partition coefficient (Wildman–Crippen LogP) is 0.468.